The van der Waals surface area contributed by atoms with E-state index in [0.29, 0.717) is 13.2 Å². The van der Waals surface area contributed by atoms with Crippen molar-refractivity contribution in [1.29, 1.82) is 0 Å². The van der Waals surface area contributed by atoms with Crippen LogP contribution in [0.15, 0.2) is 36.4 Å². The van der Waals surface area contributed by atoms with E-state index >= 15 is 0 Å². The van der Waals surface area contributed by atoms with Crippen LogP contribution in [0.1, 0.15) is 387 Å². The Hall–Kier alpha value is -2.62. The minimum absolute atomic E-state index is 0.707. The fraction of sp³-hybridized carbons (Fsp3) is 0.821. The largest absolute Gasteiger partial charge is 0.493 e. The van der Waals surface area contributed by atoms with Gasteiger partial charge in [-0.05, 0) is 37.8 Å². The second-order valence-electron chi connectivity index (χ2n) is 25.8. The molecule has 3 aromatic rings. The van der Waals surface area contributed by atoms with Crippen LogP contribution >= 0.6 is 0 Å². The zero-order valence-electron chi connectivity index (χ0n) is 55.5. The van der Waals surface area contributed by atoms with Gasteiger partial charge in [-0.3, -0.25) is 0 Å². The summed E-state index contributed by atoms with van der Waals surface area (Å²) in [5.74, 6) is 3.75. The van der Waals surface area contributed by atoms with Crippen LogP contribution in [-0.2, 0) is 0 Å². The van der Waals surface area contributed by atoms with Crippen molar-refractivity contribution in [3.8, 4) is 23.0 Å². The molecule has 0 aliphatic rings. The number of rotatable bonds is 64. The summed E-state index contributed by atoms with van der Waals surface area (Å²) in [7, 11) is 0. The highest BCUT2D eigenvalue weighted by atomic mass is 16.5. The van der Waals surface area contributed by atoms with Crippen LogP contribution < -0.4 is 18.9 Å². The van der Waals surface area contributed by atoms with Gasteiger partial charge in [0.15, 0.2) is 0 Å². The van der Waals surface area contributed by atoms with Crippen LogP contribution in [-0.4, -0.2) is 26.4 Å². The fourth-order valence-corrected chi connectivity index (χ4v) is 12.6. The molecule has 0 atom stereocenters. The lowest BCUT2D eigenvalue weighted by atomic mass is 9.98. The maximum Gasteiger partial charge on any atom is 0.139 e. The van der Waals surface area contributed by atoms with E-state index in [2.05, 4.69) is 64.1 Å². The summed E-state index contributed by atoms with van der Waals surface area (Å²) >= 11 is 0. The van der Waals surface area contributed by atoms with Crippen LogP contribution in [0.3, 0.4) is 0 Å². The Morgan fingerprint density at radius 1 is 0.195 bits per heavy atom. The monoisotopic (exact) mass is 1140 g/mol. The van der Waals surface area contributed by atoms with Gasteiger partial charge in [-0.2, -0.15) is 0 Å². The number of hydrogen-bond acceptors (Lipinski definition) is 4. The van der Waals surface area contributed by atoms with Crippen molar-refractivity contribution in [2.24, 2.45) is 0 Å². The third kappa shape index (κ3) is 37.7. The van der Waals surface area contributed by atoms with Crippen molar-refractivity contribution in [3.63, 3.8) is 0 Å². The first-order valence-electron chi connectivity index (χ1n) is 37.3. The highest BCUT2D eigenvalue weighted by Crippen LogP contribution is 2.49. The second kappa shape index (κ2) is 56.2. The number of hydrogen-bond donors (Lipinski definition) is 0. The summed E-state index contributed by atoms with van der Waals surface area (Å²) in [5.41, 5.74) is 0. The third-order valence-electron chi connectivity index (χ3n) is 18.0. The van der Waals surface area contributed by atoms with Gasteiger partial charge in [0.25, 0.3) is 0 Å². The molecular formula is C78H138O4. The second-order valence-corrected chi connectivity index (χ2v) is 25.8. The summed E-state index contributed by atoms with van der Waals surface area (Å²) in [4.78, 5) is 0. The van der Waals surface area contributed by atoms with Gasteiger partial charge in [-0.25, -0.2) is 0 Å². The molecule has 0 saturated heterocycles. The summed E-state index contributed by atoms with van der Waals surface area (Å²) in [6.45, 7) is 12.1. The quantitative estimate of drug-likeness (QED) is 0.0417. The van der Waals surface area contributed by atoms with Crippen molar-refractivity contribution >= 4 is 21.5 Å². The van der Waals surface area contributed by atoms with Gasteiger partial charge in [0.05, 0.1) is 37.2 Å². The van der Waals surface area contributed by atoms with Crippen LogP contribution in [0.25, 0.3) is 21.5 Å². The summed E-state index contributed by atoms with van der Waals surface area (Å²) in [5, 5.41) is 4.34. The van der Waals surface area contributed by atoms with E-state index < -0.39 is 0 Å². The first kappa shape index (κ1) is 73.6. The molecule has 82 heavy (non-hydrogen) atoms. The molecule has 0 bridgehead atoms. The minimum Gasteiger partial charge on any atom is -0.493 e. The zero-order chi connectivity index (χ0) is 58.1. The Bertz CT molecular complexity index is 1690. The Morgan fingerprint density at radius 2 is 0.366 bits per heavy atom. The van der Waals surface area contributed by atoms with Gasteiger partial charge in [-0.15, -0.1) is 0 Å². The topological polar surface area (TPSA) is 36.9 Å². The van der Waals surface area contributed by atoms with Gasteiger partial charge >= 0.3 is 0 Å². The predicted octanol–water partition coefficient (Wildman–Crippen LogP) is 27.4. The van der Waals surface area contributed by atoms with Crippen LogP contribution in [0.2, 0.25) is 0 Å². The number of unbranched alkanes of at least 4 members (excludes halogenated alkanes) is 52. The molecule has 4 nitrogen and oxygen atoms in total. The lowest BCUT2D eigenvalue weighted by Crippen LogP contribution is -2.06. The highest BCUT2D eigenvalue weighted by molar-refractivity contribution is 6.15. The molecule has 0 fully saturated rings. The molecular weight excluding hydrogens is 1000 g/mol. The first-order chi connectivity index (χ1) is 40.8. The third-order valence-corrected chi connectivity index (χ3v) is 18.0. The van der Waals surface area contributed by atoms with E-state index in [1.165, 1.54) is 334 Å². The van der Waals surface area contributed by atoms with Crippen LogP contribution in [0, 0.1) is 0 Å². The number of benzene rings is 3. The van der Waals surface area contributed by atoms with E-state index in [0.717, 1.165) is 83.4 Å². The molecule has 0 aromatic heterocycles. The SMILES string of the molecule is CCCCCCCCCCCCCCCCOc1cccc2c(OCCCCCCCCCCCCCCCC)c3c(OCCCCCCCCCCCCCCCC)cccc3c(OCCCCCCCCCCCCCCCC)c12. The predicted molar refractivity (Wildman–Crippen MR) is 365 cm³/mol. The molecule has 4 heteroatoms. The Kier molecular flexibility index (Phi) is 50.5. The smallest absolute Gasteiger partial charge is 0.139 e. The molecule has 0 saturated carbocycles. The van der Waals surface area contributed by atoms with E-state index in [4.69, 9.17) is 18.9 Å². The molecule has 0 heterocycles. The van der Waals surface area contributed by atoms with Crippen molar-refractivity contribution in [3.05, 3.63) is 36.4 Å². The summed E-state index contributed by atoms with van der Waals surface area (Å²) in [6, 6.07) is 13.3. The van der Waals surface area contributed by atoms with Crippen molar-refractivity contribution in [2.75, 3.05) is 26.4 Å². The molecule has 474 valence electrons. The molecule has 3 rings (SSSR count). The average molecular weight is 1140 g/mol. The molecule has 0 aliphatic heterocycles. The lowest BCUT2D eigenvalue weighted by Gasteiger charge is -2.22. The number of fused-ring (bicyclic) bond motifs is 2. The van der Waals surface area contributed by atoms with Crippen LogP contribution in [0.4, 0.5) is 0 Å². The Balaban J connectivity index is 1.68. The van der Waals surface area contributed by atoms with Gasteiger partial charge in [0, 0.05) is 10.8 Å². The molecule has 0 spiro atoms. The Morgan fingerprint density at radius 3 is 0.561 bits per heavy atom. The van der Waals surface area contributed by atoms with Gasteiger partial charge in [0.1, 0.15) is 23.0 Å². The van der Waals surface area contributed by atoms with E-state index in [1.807, 2.05) is 0 Å². The van der Waals surface area contributed by atoms with Crippen molar-refractivity contribution < 1.29 is 18.9 Å². The molecule has 0 amide bonds. The van der Waals surface area contributed by atoms with E-state index in [9.17, 15) is 0 Å². The highest BCUT2D eigenvalue weighted by Gasteiger charge is 2.23. The maximum absolute atomic E-state index is 7.09. The first-order valence-corrected chi connectivity index (χ1v) is 37.3. The maximum atomic E-state index is 7.09. The average Bonchev–Trinajstić information content (AvgIpc) is 3.37. The summed E-state index contributed by atoms with van der Waals surface area (Å²) < 4.78 is 27.9. The lowest BCUT2D eigenvalue weighted by molar-refractivity contribution is 0.293. The number of ether oxygens (including phenoxy) is 4. The molecule has 0 aliphatic carbocycles. The normalized spacial score (nSPS) is 11.7. The van der Waals surface area contributed by atoms with Crippen LogP contribution in [0.5, 0.6) is 23.0 Å². The zero-order valence-corrected chi connectivity index (χ0v) is 55.5. The van der Waals surface area contributed by atoms with Gasteiger partial charge < -0.3 is 18.9 Å². The fourth-order valence-electron chi connectivity index (χ4n) is 12.6. The van der Waals surface area contributed by atoms with E-state index in [1.54, 1.807) is 0 Å². The molecule has 0 unspecified atom stereocenters. The van der Waals surface area contributed by atoms with Crippen molar-refractivity contribution in [2.45, 2.75) is 387 Å². The van der Waals surface area contributed by atoms with Gasteiger partial charge in [-0.1, -0.05) is 386 Å². The van der Waals surface area contributed by atoms with E-state index in [-0.39, 0.29) is 0 Å². The van der Waals surface area contributed by atoms with Crippen molar-refractivity contribution in [1.82, 2.24) is 0 Å². The minimum atomic E-state index is 0.707. The van der Waals surface area contributed by atoms with Gasteiger partial charge in [0.2, 0.25) is 0 Å². The Labute approximate surface area is 511 Å². The molecule has 3 aromatic carbocycles. The standard InChI is InChI=1S/C78H138O4/c1-5-9-13-17-21-25-29-33-37-41-45-49-53-57-67-79-73-65-61-63-71-75(73)77(81-69-59-55-51-47-43-39-35-31-27-23-19-15-11-7-3)72-64-62-66-74(80-68-58-54-50-46-42-38-34-30-26-22-18-14-10-6-2)76(72)78(71)82-70-60-56-52-48-44-40-36-32-28-24-20-16-12-8-4/h61-66H,5-60,67-70H2,1-4H3. The molecule has 0 radical (unpaired) electrons. The summed E-state index contributed by atoms with van der Waals surface area (Å²) in [6.07, 6.45) is 76.0. The molecule has 0 N–H and O–H groups in total.